The number of hydrogen-bond acceptors (Lipinski definition) is 4. The van der Waals surface area contributed by atoms with E-state index in [1.54, 1.807) is 13.8 Å². The van der Waals surface area contributed by atoms with Crippen molar-refractivity contribution in [2.45, 2.75) is 51.5 Å². The van der Waals surface area contributed by atoms with Crippen molar-refractivity contribution in [2.24, 2.45) is 0 Å². The SMILES string of the molecule is CCC(C)(C)NS(=O)(=O)c1c(C)oc(C)c1C(=O)O. The van der Waals surface area contributed by atoms with Gasteiger partial charge < -0.3 is 9.52 Å². The molecule has 1 aromatic heterocycles. The molecule has 0 fully saturated rings. The van der Waals surface area contributed by atoms with Crippen LogP contribution in [0, 0.1) is 13.8 Å². The van der Waals surface area contributed by atoms with Crippen LogP contribution in [0.15, 0.2) is 9.31 Å². The zero-order valence-electron chi connectivity index (χ0n) is 11.7. The van der Waals surface area contributed by atoms with Crippen molar-refractivity contribution in [3.05, 3.63) is 17.1 Å². The predicted molar refractivity (Wildman–Crippen MR) is 69.8 cm³/mol. The number of rotatable bonds is 5. The fraction of sp³-hybridized carbons (Fsp3) is 0.583. The van der Waals surface area contributed by atoms with Crippen molar-refractivity contribution in [3.8, 4) is 0 Å². The van der Waals surface area contributed by atoms with Crippen LogP contribution >= 0.6 is 0 Å². The minimum atomic E-state index is -3.94. The van der Waals surface area contributed by atoms with Crippen molar-refractivity contribution in [3.63, 3.8) is 0 Å². The van der Waals surface area contributed by atoms with Crippen molar-refractivity contribution in [1.82, 2.24) is 4.72 Å². The molecule has 0 unspecified atom stereocenters. The minimum absolute atomic E-state index is 0.0781. The Bertz CT molecular complexity index is 598. The van der Waals surface area contributed by atoms with Crippen LogP contribution in [0.3, 0.4) is 0 Å². The lowest BCUT2D eigenvalue weighted by Gasteiger charge is -2.24. The van der Waals surface area contributed by atoms with Gasteiger partial charge in [0.05, 0.1) is 0 Å². The number of carbonyl (C=O) groups is 1. The largest absolute Gasteiger partial charge is 0.478 e. The van der Waals surface area contributed by atoms with Gasteiger partial charge in [0, 0.05) is 5.54 Å². The summed E-state index contributed by atoms with van der Waals surface area (Å²) in [5.41, 5.74) is -0.969. The highest BCUT2D eigenvalue weighted by atomic mass is 32.2. The third-order valence-corrected chi connectivity index (χ3v) is 4.83. The standard InChI is InChI=1S/C12H19NO5S/c1-6-12(4,5)13-19(16,17)10-8(3)18-7(2)9(10)11(14)15/h13H,6H2,1-5H3,(H,14,15). The third-order valence-electron chi connectivity index (χ3n) is 2.98. The maximum absolute atomic E-state index is 12.3. The topological polar surface area (TPSA) is 96.6 Å². The fourth-order valence-corrected chi connectivity index (χ4v) is 3.61. The van der Waals surface area contributed by atoms with Gasteiger partial charge in [0.25, 0.3) is 0 Å². The average Bonchev–Trinajstić information content (AvgIpc) is 2.52. The number of carboxylic acid groups (broad SMARTS) is 1. The number of aryl methyl sites for hydroxylation is 2. The molecule has 0 spiro atoms. The Morgan fingerprint density at radius 3 is 2.26 bits per heavy atom. The van der Waals surface area contributed by atoms with Crippen LogP contribution in [-0.2, 0) is 10.0 Å². The van der Waals surface area contributed by atoms with Crippen LogP contribution in [0.25, 0.3) is 0 Å². The summed E-state index contributed by atoms with van der Waals surface area (Å²) < 4.78 is 32.3. The zero-order chi connectivity index (χ0) is 15.0. The first-order valence-electron chi connectivity index (χ1n) is 5.89. The molecule has 0 bridgehead atoms. The number of aromatic carboxylic acids is 1. The second kappa shape index (κ2) is 4.97. The second-order valence-corrected chi connectivity index (χ2v) is 6.69. The molecule has 1 heterocycles. The van der Waals surface area contributed by atoms with E-state index in [-0.39, 0.29) is 22.0 Å². The summed E-state index contributed by atoms with van der Waals surface area (Å²) in [7, 11) is -3.94. The summed E-state index contributed by atoms with van der Waals surface area (Å²) >= 11 is 0. The zero-order valence-corrected chi connectivity index (χ0v) is 12.5. The van der Waals surface area contributed by atoms with E-state index in [2.05, 4.69) is 4.72 Å². The first kappa shape index (κ1) is 15.7. The first-order valence-corrected chi connectivity index (χ1v) is 7.37. The molecule has 1 rings (SSSR count). The van der Waals surface area contributed by atoms with E-state index in [0.29, 0.717) is 6.42 Å². The molecule has 0 saturated carbocycles. The number of nitrogens with one attached hydrogen (secondary N) is 1. The van der Waals surface area contributed by atoms with Gasteiger partial charge in [-0.25, -0.2) is 17.9 Å². The van der Waals surface area contributed by atoms with Crippen LogP contribution in [0.5, 0.6) is 0 Å². The highest BCUT2D eigenvalue weighted by Gasteiger charge is 2.33. The summed E-state index contributed by atoms with van der Waals surface area (Å²) in [6, 6.07) is 0. The van der Waals surface area contributed by atoms with Gasteiger partial charge >= 0.3 is 5.97 Å². The molecule has 7 heteroatoms. The van der Waals surface area contributed by atoms with E-state index in [0.717, 1.165) is 0 Å². The maximum atomic E-state index is 12.3. The van der Waals surface area contributed by atoms with Gasteiger partial charge in [0.2, 0.25) is 10.0 Å². The third kappa shape index (κ3) is 3.16. The van der Waals surface area contributed by atoms with E-state index >= 15 is 0 Å². The molecule has 0 saturated heterocycles. The summed E-state index contributed by atoms with van der Waals surface area (Å²) in [6.07, 6.45) is 0.574. The van der Waals surface area contributed by atoms with E-state index in [4.69, 9.17) is 9.52 Å². The second-order valence-electron chi connectivity index (χ2n) is 5.07. The van der Waals surface area contributed by atoms with Gasteiger partial charge in [-0.1, -0.05) is 6.92 Å². The van der Waals surface area contributed by atoms with E-state index in [9.17, 15) is 13.2 Å². The lowest BCUT2D eigenvalue weighted by molar-refractivity contribution is 0.0691. The van der Waals surface area contributed by atoms with Crippen LogP contribution in [0.2, 0.25) is 0 Å². The van der Waals surface area contributed by atoms with Gasteiger partial charge in [-0.05, 0) is 34.1 Å². The normalized spacial score (nSPS) is 12.7. The molecule has 0 radical (unpaired) electrons. The Morgan fingerprint density at radius 1 is 1.32 bits per heavy atom. The van der Waals surface area contributed by atoms with Crippen molar-refractivity contribution in [2.75, 3.05) is 0 Å². The Kier molecular flexibility index (Phi) is 4.11. The quantitative estimate of drug-likeness (QED) is 0.864. The monoisotopic (exact) mass is 289 g/mol. The van der Waals surface area contributed by atoms with Gasteiger partial charge in [-0.3, -0.25) is 0 Å². The Morgan fingerprint density at radius 2 is 1.84 bits per heavy atom. The summed E-state index contributed by atoms with van der Waals surface area (Å²) in [5.74, 6) is -1.15. The molecule has 0 aliphatic rings. The molecule has 0 amide bonds. The molecule has 0 atom stereocenters. The summed E-state index contributed by atoms with van der Waals surface area (Å²) in [4.78, 5) is 10.9. The Balaban J connectivity index is 3.42. The van der Waals surface area contributed by atoms with E-state index in [1.807, 2.05) is 6.92 Å². The van der Waals surface area contributed by atoms with Crippen molar-refractivity contribution >= 4 is 16.0 Å². The molecule has 19 heavy (non-hydrogen) atoms. The minimum Gasteiger partial charge on any atom is -0.478 e. The molecule has 1 aromatic rings. The average molecular weight is 289 g/mol. The van der Waals surface area contributed by atoms with Gasteiger partial charge in [0.1, 0.15) is 22.0 Å². The fourth-order valence-electron chi connectivity index (χ4n) is 1.72. The van der Waals surface area contributed by atoms with Crippen molar-refractivity contribution in [1.29, 1.82) is 0 Å². The lowest BCUT2D eigenvalue weighted by Crippen LogP contribution is -2.43. The van der Waals surface area contributed by atoms with Crippen molar-refractivity contribution < 1.29 is 22.7 Å². The Labute approximate surface area is 112 Å². The smallest absolute Gasteiger partial charge is 0.340 e. The summed E-state index contributed by atoms with van der Waals surface area (Å²) in [5, 5.41) is 9.13. The van der Waals surface area contributed by atoms with Crippen LogP contribution in [-0.4, -0.2) is 25.0 Å². The molecule has 0 aliphatic heterocycles. The molecular formula is C12H19NO5S. The molecule has 2 N–H and O–H groups in total. The number of sulfonamides is 1. The van der Waals surface area contributed by atoms with Crippen LogP contribution in [0.1, 0.15) is 49.1 Å². The van der Waals surface area contributed by atoms with E-state index in [1.165, 1.54) is 13.8 Å². The first-order chi connectivity index (χ1) is 8.52. The van der Waals surface area contributed by atoms with Gasteiger partial charge in [0.15, 0.2) is 0 Å². The highest BCUT2D eigenvalue weighted by Crippen LogP contribution is 2.27. The molecule has 0 aliphatic carbocycles. The number of furan rings is 1. The predicted octanol–water partition coefficient (Wildman–Crippen LogP) is 2.06. The van der Waals surface area contributed by atoms with E-state index < -0.39 is 21.5 Å². The molecule has 0 aromatic carbocycles. The number of hydrogen-bond donors (Lipinski definition) is 2. The Hall–Kier alpha value is -1.34. The molecule has 108 valence electrons. The maximum Gasteiger partial charge on any atom is 0.340 e. The van der Waals surface area contributed by atoms with Crippen LogP contribution in [0.4, 0.5) is 0 Å². The molecular weight excluding hydrogens is 270 g/mol. The van der Waals surface area contributed by atoms with Gasteiger partial charge in [-0.15, -0.1) is 0 Å². The lowest BCUT2D eigenvalue weighted by atomic mass is 10.0. The van der Waals surface area contributed by atoms with Crippen LogP contribution < -0.4 is 4.72 Å². The highest BCUT2D eigenvalue weighted by molar-refractivity contribution is 7.89. The van der Waals surface area contributed by atoms with Gasteiger partial charge in [-0.2, -0.15) is 0 Å². The summed E-state index contributed by atoms with van der Waals surface area (Å²) in [6.45, 7) is 8.17. The number of carboxylic acids is 1. The molecule has 6 nitrogen and oxygen atoms in total.